The van der Waals surface area contributed by atoms with Crippen molar-refractivity contribution in [3.05, 3.63) is 29.8 Å². The first-order valence-corrected chi connectivity index (χ1v) is 6.82. The Bertz CT molecular complexity index is 468. The zero-order valence-corrected chi connectivity index (χ0v) is 12.1. The van der Waals surface area contributed by atoms with Crippen molar-refractivity contribution in [1.29, 1.82) is 5.26 Å². The third-order valence-corrected chi connectivity index (χ3v) is 2.86. The van der Waals surface area contributed by atoms with E-state index in [0.717, 1.165) is 6.54 Å². The number of carbonyl (C=O) groups excluding carboxylic acids is 1. The molecule has 1 rings (SSSR count). The molecule has 0 aromatic heterocycles. The van der Waals surface area contributed by atoms with Gasteiger partial charge in [0.1, 0.15) is 18.4 Å². The number of rotatable bonds is 8. The maximum absolute atomic E-state index is 11.5. The minimum atomic E-state index is 0.0202. The summed E-state index contributed by atoms with van der Waals surface area (Å²) in [7, 11) is 0. The molecule has 0 saturated heterocycles. The first-order valence-electron chi connectivity index (χ1n) is 6.82. The lowest BCUT2D eigenvalue weighted by Crippen LogP contribution is -2.39. The lowest BCUT2D eigenvalue weighted by atomic mass is 10.2. The van der Waals surface area contributed by atoms with Crippen LogP contribution in [0.3, 0.4) is 0 Å². The molecule has 0 heterocycles. The fourth-order valence-electron chi connectivity index (χ4n) is 1.77. The Hall–Kier alpha value is -2.06. The van der Waals surface area contributed by atoms with Crippen LogP contribution in [-0.4, -0.2) is 43.6 Å². The minimum Gasteiger partial charge on any atom is -0.491 e. The summed E-state index contributed by atoms with van der Waals surface area (Å²) >= 11 is 0. The Morgan fingerprint density at radius 2 is 2.15 bits per heavy atom. The summed E-state index contributed by atoms with van der Waals surface area (Å²) in [5, 5.41) is 11.7. The highest BCUT2D eigenvalue weighted by Crippen LogP contribution is 2.16. The van der Waals surface area contributed by atoms with E-state index in [4.69, 9.17) is 10.00 Å². The average molecular weight is 275 g/mol. The van der Waals surface area contributed by atoms with Crippen molar-refractivity contribution >= 4 is 5.91 Å². The van der Waals surface area contributed by atoms with E-state index >= 15 is 0 Å². The quantitative estimate of drug-likeness (QED) is 0.778. The molecule has 5 nitrogen and oxygen atoms in total. The second-order valence-corrected chi connectivity index (χ2v) is 4.28. The Morgan fingerprint density at radius 1 is 1.40 bits per heavy atom. The van der Waals surface area contributed by atoms with Gasteiger partial charge >= 0.3 is 0 Å². The summed E-state index contributed by atoms with van der Waals surface area (Å²) in [4.78, 5) is 13.5. The van der Waals surface area contributed by atoms with Crippen LogP contribution in [0.4, 0.5) is 0 Å². The van der Waals surface area contributed by atoms with E-state index < -0.39 is 0 Å². The third-order valence-electron chi connectivity index (χ3n) is 2.86. The predicted molar refractivity (Wildman–Crippen MR) is 77.4 cm³/mol. The Kier molecular flexibility index (Phi) is 7.15. The van der Waals surface area contributed by atoms with E-state index in [1.165, 1.54) is 0 Å². The van der Waals surface area contributed by atoms with Crippen LogP contribution in [-0.2, 0) is 4.79 Å². The minimum absolute atomic E-state index is 0.0202. The number of nitriles is 1. The molecule has 20 heavy (non-hydrogen) atoms. The third kappa shape index (κ3) is 5.29. The van der Waals surface area contributed by atoms with Gasteiger partial charge in [0.05, 0.1) is 12.1 Å². The van der Waals surface area contributed by atoms with Crippen molar-refractivity contribution in [1.82, 2.24) is 10.2 Å². The normalized spacial score (nSPS) is 10.1. The SMILES string of the molecule is CCNC(=O)CN(CC)CCOc1ccccc1C#N. The van der Waals surface area contributed by atoms with Crippen molar-refractivity contribution in [2.45, 2.75) is 13.8 Å². The van der Waals surface area contributed by atoms with E-state index in [1.807, 2.05) is 24.8 Å². The maximum atomic E-state index is 11.5. The van der Waals surface area contributed by atoms with E-state index in [1.54, 1.807) is 18.2 Å². The molecule has 1 aromatic rings. The number of hydrogen-bond donors (Lipinski definition) is 1. The Morgan fingerprint density at radius 3 is 2.80 bits per heavy atom. The summed E-state index contributed by atoms with van der Waals surface area (Å²) in [5.74, 6) is 0.607. The molecule has 1 N–H and O–H groups in total. The van der Waals surface area contributed by atoms with E-state index in [-0.39, 0.29) is 5.91 Å². The van der Waals surface area contributed by atoms with Crippen LogP contribution < -0.4 is 10.1 Å². The maximum Gasteiger partial charge on any atom is 0.234 e. The number of benzene rings is 1. The topological polar surface area (TPSA) is 65.4 Å². The van der Waals surface area contributed by atoms with Crippen molar-refractivity contribution in [2.24, 2.45) is 0 Å². The standard InChI is InChI=1S/C15H21N3O2/c1-3-17-15(19)12-18(4-2)9-10-20-14-8-6-5-7-13(14)11-16/h5-8H,3-4,9-10,12H2,1-2H3,(H,17,19). The molecule has 5 heteroatoms. The lowest BCUT2D eigenvalue weighted by Gasteiger charge is -2.19. The van der Waals surface area contributed by atoms with Gasteiger partial charge in [-0.05, 0) is 25.6 Å². The monoisotopic (exact) mass is 275 g/mol. The van der Waals surface area contributed by atoms with Crippen LogP contribution in [0.15, 0.2) is 24.3 Å². The molecular formula is C15H21N3O2. The zero-order chi connectivity index (χ0) is 14.8. The summed E-state index contributed by atoms with van der Waals surface area (Å²) in [6.45, 7) is 6.79. The second-order valence-electron chi connectivity index (χ2n) is 4.28. The summed E-state index contributed by atoms with van der Waals surface area (Å²) in [5.41, 5.74) is 0.527. The van der Waals surface area contributed by atoms with Crippen LogP contribution in [0.25, 0.3) is 0 Å². The van der Waals surface area contributed by atoms with Gasteiger partial charge in [-0.1, -0.05) is 19.1 Å². The molecular weight excluding hydrogens is 254 g/mol. The Labute approximate surface area is 120 Å². The summed E-state index contributed by atoms with van der Waals surface area (Å²) in [6.07, 6.45) is 0. The van der Waals surface area contributed by atoms with Gasteiger partial charge in [-0.3, -0.25) is 9.69 Å². The Balaban J connectivity index is 2.42. The van der Waals surface area contributed by atoms with Gasteiger partial charge in [0, 0.05) is 13.1 Å². The molecule has 0 aliphatic carbocycles. The van der Waals surface area contributed by atoms with Crippen LogP contribution in [0.2, 0.25) is 0 Å². The van der Waals surface area contributed by atoms with Gasteiger partial charge in [-0.25, -0.2) is 0 Å². The second kappa shape index (κ2) is 8.94. The number of nitrogens with zero attached hydrogens (tertiary/aromatic N) is 2. The number of amides is 1. The highest BCUT2D eigenvalue weighted by atomic mass is 16.5. The van der Waals surface area contributed by atoms with Crippen LogP contribution >= 0.6 is 0 Å². The number of para-hydroxylation sites is 1. The molecule has 0 saturated carbocycles. The molecule has 0 aliphatic rings. The van der Waals surface area contributed by atoms with Crippen molar-refractivity contribution in [3.8, 4) is 11.8 Å². The van der Waals surface area contributed by atoms with Gasteiger partial charge in [0.2, 0.25) is 5.91 Å². The lowest BCUT2D eigenvalue weighted by molar-refractivity contribution is -0.122. The van der Waals surface area contributed by atoms with Gasteiger partial charge in [-0.2, -0.15) is 5.26 Å². The van der Waals surface area contributed by atoms with Gasteiger partial charge in [0.15, 0.2) is 0 Å². The van der Waals surface area contributed by atoms with Crippen molar-refractivity contribution in [3.63, 3.8) is 0 Å². The fraction of sp³-hybridized carbons (Fsp3) is 0.467. The van der Waals surface area contributed by atoms with E-state index in [2.05, 4.69) is 11.4 Å². The van der Waals surface area contributed by atoms with E-state index in [9.17, 15) is 4.79 Å². The molecule has 0 bridgehead atoms. The number of nitrogens with one attached hydrogen (secondary N) is 1. The molecule has 0 fully saturated rings. The smallest absolute Gasteiger partial charge is 0.234 e. The first kappa shape index (κ1) is 16.0. The van der Waals surface area contributed by atoms with Crippen molar-refractivity contribution in [2.75, 3.05) is 32.8 Å². The van der Waals surface area contributed by atoms with Crippen LogP contribution in [0.1, 0.15) is 19.4 Å². The molecule has 0 radical (unpaired) electrons. The number of likely N-dealkylation sites (N-methyl/N-ethyl adjacent to an activating group) is 2. The highest BCUT2D eigenvalue weighted by Gasteiger charge is 2.09. The largest absolute Gasteiger partial charge is 0.491 e. The number of ether oxygens (including phenoxy) is 1. The van der Waals surface area contributed by atoms with E-state index in [0.29, 0.717) is 37.6 Å². The van der Waals surface area contributed by atoms with Crippen molar-refractivity contribution < 1.29 is 9.53 Å². The first-order chi connectivity index (χ1) is 9.71. The summed E-state index contributed by atoms with van der Waals surface area (Å²) < 4.78 is 5.61. The fourth-order valence-corrected chi connectivity index (χ4v) is 1.77. The molecule has 108 valence electrons. The van der Waals surface area contributed by atoms with Crippen LogP contribution in [0.5, 0.6) is 5.75 Å². The van der Waals surface area contributed by atoms with Gasteiger partial charge < -0.3 is 10.1 Å². The average Bonchev–Trinajstić information content (AvgIpc) is 2.47. The van der Waals surface area contributed by atoms with Gasteiger partial charge in [-0.15, -0.1) is 0 Å². The molecule has 0 atom stereocenters. The van der Waals surface area contributed by atoms with Gasteiger partial charge in [0.25, 0.3) is 0 Å². The number of carbonyl (C=O) groups is 1. The number of hydrogen-bond acceptors (Lipinski definition) is 4. The highest BCUT2D eigenvalue weighted by molar-refractivity contribution is 5.77. The molecule has 0 aliphatic heterocycles. The zero-order valence-electron chi connectivity index (χ0n) is 12.1. The van der Waals surface area contributed by atoms with Crippen LogP contribution in [0, 0.1) is 11.3 Å². The molecule has 1 aromatic carbocycles. The molecule has 1 amide bonds. The molecule has 0 unspecified atom stereocenters. The molecule has 0 spiro atoms. The predicted octanol–water partition coefficient (Wildman–Crippen LogP) is 1.40. The summed E-state index contributed by atoms with van der Waals surface area (Å²) in [6, 6.07) is 9.23.